The van der Waals surface area contributed by atoms with Gasteiger partial charge in [-0.05, 0) is 46.3 Å². The molecule has 2 aromatic rings. The fourth-order valence-corrected chi connectivity index (χ4v) is 3.31. The van der Waals surface area contributed by atoms with Crippen molar-refractivity contribution in [1.29, 1.82) is 0 Å². The molecule has 0 atom stereocenters. The van der Waals surface area contributed by atoms with Crippen molar-refractivity contribution >= 4 is 43.2 Å². The van der Waals surface area contributed by atoms with Gasteiger partial charge in [-0.15, -0.1) is 0 Å². The largest absolute Gasteiger partial charge is 0.494 e. The van der Waals surface area contributed by atoms with Gasteiger partial charge in [0, 0.05) is 10.5 Å². The molecule has 4 nitrogen and oxygen atoms in total. The lowest BCUT2D eigenvalue weighted by Crippen LogP contribution is -2.13. The highest BCUT2D eigenvalue weighted by atomic mass is 79.9. The maximum atomic E-state index is 13.6. The zero-order valence-corrected chi connectivity index (χ0v) is 13.9. The molecule has 0 saturated heterocycles. The van der Waals surface area contributed by atoms with Gasteiger partial charge >= 0.3 is 0 Å². The van der Waals surface area contributed by atoms with E-state index in [4.69, 9.17) is 16.3 Å². The summed E-state index contributed by atoms with van der Waals surface area (Å²) >= 11 is 8.97. The summed E-state index contributed by atoms with van der Waals surface area (Å²) in [7, 11) is -2.51. The zero-order chi connectivity index (χ0) is 15.6. The van der Waals surface area contributed by atoms with Crippen molar-refractivity contribution in [2.75, 3.05) is 11.8 Å². The van der Waals surface area contributed by atoms with E-state index in [1.165, 1.54) is 37.4 Å². The Morgan fingerprint density at radius 1 is 1.24 bits per heavy atom. The van der Waals surface area contributed by atoms with E-state index in [0.717, 1.165) is 6.07 Å². The molecule has 0 aliphatic rings. The van der Waals surface area contributed by atoms with Gasteiger partial charge in [-0.3, -0.25) is 4.72 Å². The average Bonchev–Trinajstić information content (AvgIpc) is 2.41. The minimum absolute atomic E-state index is 0.00926. The van der Waals surface area contributed by atoms with Crippen molar-refractivity contribution in [3.05, 3.63) is 51.7 Å². The van der Waals surface area contributed by atoms with Crippen LogP contribution in [0.25, 0.3) is 0 Å². The predicted molar refractivity (Wildman–Crippen MR) is 82.9 cm³/mol. The lowest BCUT2D eigenvalue weighted by Gasteiger charge is -2.10. The second kappa shape index (κ2) is 6.21. The Balaban J connectivity index is 2.32. The van der Waals surface area contributed by atoms with E-state index in [-0.39, 0.29) is 16.3 Å². The number of benzene rings is 2. The van der Waals surface area contributed by atoms with Crippen LogP contribution in [0, 0.1) is 5.82 Å². The Hall–Kier alpha value is -1.31. The van der Waals surface area contributed by atoms with Crippen molar-refractivity contribution in [2.24, 2.45) is 0 Å². The topological polar surface area (TPSA) is 55.4 Å². The minimum atomic E-state index is -3.84. The predicted octanol–water partition coefficient (Wildman–Crippen LogP) is 4.05. The SMILES string of the molecule is COc1ccc(NS(=O)(=O)c2ccc(Cl)c(Br)c2)cc1F. The molecule has 0 aliphatic carbocycles. The van der Waals surface area contributed by atoms with Crippen LogP contribution in [0.3, 0.4) is 0 Å². The number of hydrogen-bond acceptors (Lipinski definition) is 3. The van der Waals surface area contributed by atoms with Crippen LogP contribution in [0.4, 0.5) is 10.1 Å². The first kappa shape index (κ1) is 16.1. The molecule has 0 heterocycles. The maximum absolute atomic E-state index is 13.6. The van der Waals surface area contributed by atoms with Gasteiger partial charge < -0.3 is 4.74 Å². The highest BCUT2D eigenvalue weighted by Gasteiger charge is 2.16. The summed E-state index contributed by atoms with van der Waals surface area (Å²) in [5, 5.41) is 0.393. The first-order chi connectivity index (χ1) is 9.83. The molecule has 0 fully saturated rings. The summed E-state index contributed by atoms with van der Waals surface area (Å²) in [6.07, 6.45) is 0. The number of rotatable bonds is 4. The van der Waals surface area contributed by atoms with Gasteiger partial charge in [-0.1, -0.05) is 11.6 Å². The molecule has 0 spiro atoms. The maximum Gasteiger partial charge on any atom is 0.261 e. The number of sulfonamides is 1. The smallest absolute Gasteiger partial charge is 0.261 e. The molecule has 2 rings (SSSR count). The molecule has 1 N–H and O–H groups in total. The Morgan fingerprint density at radius 3 is 2.52 bits per heavy atom. The van der Waals surface area contributed by atoms with Gasteiger partial charge in [0.2, 0.25) is 0 Å². The molecular weight excluding hydrogens is 385 g/mol. The van der Waals surface area contributed by atoms with Gasteiger partial charge in [0.05, 0.1) is 22.7 Å². The molecule has 2 aromatic carbocycles. The van der Waals surface area contributed by atoms with Crippen molar-refractivity contribution in [1.82, 2.24) is 0 Å². The summed E-state index contributed by atoms with van der Waals surface area (Å²) < 4.78 is 45.5. The van der Waals surface area contributed by atoms with E-state index in [0.29, 0.717) is 9.50 Å². The Kier molecular flexibility index (Phi) is 4.75. The number of anilines is 1. The van der Waals surface area contributed by atoms with Crippen LogP contribution < -0.4 is 9.46 Å². The van der Waals surface area contributed by atoms with Crippen LogP contribution in [0.2, 0.25) is 5.02 Å². The molecule has 112 valence electrons. The second-order valence-electron chi connectivity index (χ2n) is 4.03. The van der Waals surface area contributed by atoms with Gasteiger partial charge in [-0.2, -0.15) is 0 Å². The summed E-state index contributed by atoms with van der Waals surface area (Å²) in [5.41, 5.74) is 0.0966. The molecule has 0 bridgehead atoms. The summed E-state index contributed by atoms with van der Waals surface area (Å²) in [4.78, 5) is 0.00926. The summed E-state index contributed by atoms with van der Waals surface area (Å²) in [5.74, 6) is -0.623. The van der Waals surface area contributed by atoms with E-state index in [9.17, 15) is 12.8 Å². The third-order valence-electron chi connectivity index (χ3n) is 2.61. The fraction of sp³-hybridized carbons (Fsp3) is 0.0769. The summed E-state index contributed by atoms with van der Waals surface area (Å²) in [6.45, 7) is 0. The van der Waals surface area contributed by atoms with Crippen LogP contribution in [0.15, 0.2) is 45.8 Å². The molecular formula is C13H10BrClFNO3S. The van der Waals surface area contributed by atoms with Crippen LogP contribution >= 0.6 is 27.5 Å². The van der Waals surface area contributed by atoms with Crippen LogP contribution in [0.1, 0.15) is 0 Å². The summed E-state index contributed by atoms with van der Waals surface area (Å²) in [6, 6.07) is 7.96. The van der Waals surface area contributed by atoms with Crippen molar-refractivity contribution < 1.29 is 17.5 Å². The van der Waals surface area contributed by atoms with E-state index in [2.05, 4.69) is 20.7 Å². The van der Waals surface area contributed by atoms with Crippen molar-refractivity contribution in [3.63, 3.8) is 0 Å². The first-order valence-corrected chi connectivity index (χ1v) is 8.30. The van der Waals surface area contributed by atoms with E-state index >= 15 is 0 Å². The van der Waals surface area contributed by atoms with Crippen LogP contribution in [0.5, 0.6) is 5.75 Å². The van der Waals surface area contributed by atoms with Gasteiger partial charge in [0.1, 0.15) is 0 Å². The number of ether oxygens (including phenoxy) is 1. The highest BCUT2D eigenvalue weighted by Crippen LogP contribution is 2.27. The van der Waals surface area contributed by atoms with Crippen LogP contribution in [-0.2, 0) is 10.0 Å². The third-order valence-corrected chi connectivity index (χ3v) is 5.20. The fourth-order valence-electron chi connectivity index (χ4n) is 1.59. The first-order valence-electron chi connectivity index (χ1n) is 5.65. The third kappa shape index (κ3) is 3.66. The van der Waals surface area contributed by atoms with Crippen molar-refractivity contribution in [2.45, 2.75) is 4.90 Å². The zero-order valence-electron chi connectivity index (χ0n) is 10.7. The lowest BCUT2D eigenvalue weighted by atomic mass is 10.3. The van der Waals surface area contributed by atoms with E-state index in [1.807, 2.05) is 0 Å². The lowest BCUT2D eigenvalue weighted by molar-refractivity contribution is 0.386. The normalized spacial score (nSPS) is 11.2. The molecule has 8 heteroatoms. The molecule has 0 amide bonds. The average molecular weight is 395 g/mol. The molecule has 0 saturated carbocycles. The van der Waals surface area contributed by atoms with Crippen molar-refractivity contribution in [3.8, 4) is 5.75 Å². The molecule has 0 aromatic heterocycles. The van der Waals surface area contributed by atoms with Gasteiger partial charge in [-0.25, -0.2) is 12.8 Å². The number of hydrogen-bond donors (Lipinski definition) is 1. The highest BCUT2D eigenvalue weighted by molar-refractivity contribution is 9.10. The van der Waals surface area contributed by atoms with Crippen LogP contribution in [-0.4, -0.2) is 15.5 Å². The number of methoxy groups -OCH3 is 1. The molecule has 21 heavy (non-hydrogen) atoms. The van der Waals surface area contributed by atoms with Gasteiger partial charge in [0.25, 0.3) is 10.0 Å². The van der Waals surface area contributed by atoms with Gasteiger partial charge in [0.15, 0.2) is 11.6 Å². The second-order valence-corrected chi connectivity index (χ2v) is 6.97. The van der Waals surface area contributed by atoms with E-state index < -0.39 is 15.8 Å². The monoisotopic (exact) mass is 393 g/mol. The number of halogens is 3. The standard InChI is InChI=1S/C13H10BrClFNO3S/c1-20-13-5-2-8(6-12(13)16)17-21(18,19)9-3-4-11(15)10(14)7-9/h2-7,17H,1H3. The Bertz CT molecular complexity index is 783. The molecule has 0 radical (unpaired) electrons. The minimum Gasteiger partial charge on any atom is -0.494 e. The molecule has 0 aliphatic heterocycles. The number of nitrogens with one attached hydrogen (secondary N) is 1. The Labute approximate surface area is 135 Å². The Morgan fingerprint density at radius 2 is 1.95 bits per heavy atom. The molecule has 0 unspecified atom stereocenters. The quantitative estimate of drug-likeness (QED) is 0.851. The van der Waals surface area contributed by atoms with E-state index in [1.54, 1.807) is 0 Å².